The van der Waals surface area contributed by atoms with Crippen LogP contribution in [0.3, 0.4) is 0 Å². The van der Waals surface area contributed by atoms with Crippen LogP contribution in [0.2, 0.25) is 0 Å². The second-order valence-corrected chi connectivity index (χ2v) is 10.1. The van der Waals surface area contributed by atoms with Gasteiger partial charge in [-0.3, -0.25) is 19.6 Å². The summed E-state index contributed by atoms with van der Waals surface area (Å²) in [7, 11) is 0. The van der Waals surface area contributed by atoms with Crippen LogP contribution < -0.4 is 16.6 Å². The van der Waals surface area contributed by atoms with E-state index in [2.05, 4.69) is 15.3 Å². The van der Waals surface area contributed by atoms with Crippen molar-refractivity contribution in [1.82, 2.24) is 19.7 Å². The van der Waals surface area contributed by atoms with Crippen molar-refractivity contribution < 1.29 is 4.79 Å². The number of H-pyrrole nitrogens is 2. The summed E-state index contributed by atoms with van der Waals surface area (Å²) in [5, 5.41) is 8.12. The highest BCUT2D eigenvalue weighted by atomic mass is 16.2. The zero-order valence-corrected chi connectivity index (χ0v) is 19.9. The maximum atomic E-state index is 13.6. The smallest absolute Gasteiger partial charge is 0.327 e. The van der Waals surface area contributed by atoms with Gasteiger partial charge in [0.25, 0.3) is 5.56 Å². The van der Waals surface area contributed by atoms with Gasteiger partial charge < -0.3 is 5.32 Å². The Labute approximate surface area is 206 Å². The molecule has 0 radical (unpaired) electrons. The average Bonchev–Trinajstić information content (AvgIpc) is 3.28. The number of allylic oxidation sites excluding steroid dienone is 2. The molecule has 0 saturated heterocycles. The van der Waals surface area contributed by atoms with E-state index >= 15 is 0 Å². The fourth-order valence-electron chi connectivity index (χ4n) is 5.46. The molecule has 1 aliphatic heterocycles. The van der Waals surface area contributed by atoms with E-state index in [4.69, 9.17) is 5.10 Å². The van der Waals surface area contributed by atoms with E-state index in [0.29, 0.717) is 29.2 Å². The van der Waals surface area contributed by atoms with E-state index in [9.17, 15) is 14.4 Å². The number of carbonyl (C=O) groups excluding carboxylic acids is 1. The topological polar surface area (TPSA) is 113 Å². The molecule has 0 bridgehead atoms. The van der Waals surface area contributed by atoms with Crippen LogP contribution in [0.15, 0.2) is 88.2 Å². The first kappa shape index (κ1) is 22.0. The van der Waals surface area contributed by atoms with Gasteiger partial charge in [0.2, 0.25) is 0 Å². The Bertz CT molecular complexity index is 1630. The first-order chi connectivity index (χ1) is 17.3. The molecule has 4 aromatic rings. The van der Waals surface area contributed by atoms with E-state index in [1.54, 1.807) is 4.68 Å². The van der Waals surface area contributed by atoms with Crippen LogP contribution >= 0.6 is 0 Å². The van der Waals surface area contributed by atoms with Gasteiger partial charge in [-0.05, 0) is 17.5 Å². The van der Waals surface area contributed by atoms with E-state index in [-0.39, 0.29) is 11.2 Å². The number of aromatic nitrogens is 4. The highest BCUT2D eigenvalue weighted by Crippen LogP contribution is 2.49. The molecule has 0 amide bonds. The second kappa shape index (κ2) is 8.05. The zero-order chi connectivity index (χ0) is 25.0. The Morgan fingerprint density at radius 2 is 1.61 bits per heavy atom. The summed E-state index contributed by atoms with van der Waals surface area (Å²) >= 11 is 0. The lowest BCUT2D eigenvalue weighted by atomic mass is 9.67. The number of para-hydroxylation sites is 1. The summed E-state index contributed by atoms with van der Waals surface area (Å²) in [5.74, 6) is -0.885. The number of nitrogens with zero attached hydrogens (tertiary/aromatic N) is 2. The van der Waals surface area contributed by atoms with Crippen molar-refractivity contribution in [2.75, 3.05) is 5.32 Å². The minimum absolute atomic E-state index is 0.0396. The molecule has 6 rings (SSSR count). The summed E-state index contributed by atoms with van der Waals surface area (Å²) in [5.41, 5.74) is 2.71. The fourth-order valence-corrected chi connectivity index (χ4v) is 5.46. The van der Waals surface area contributed by atoms with Crippen LogP contribution in [0.25, 0.3) is 16.9 Å². The van der Waals surface area contributed by atoms with Gasteiger partial charge in [-0.2, -0.15) is 5.10 Å². The molecule has 8 heteroatoms. The molecule has 2 aliphatic rings. The van der Waals surface area contributed by atoms with Crippen LogP contribution in [-0.4, -0.2) is 25.5 Å². The Morgan fingerprint density at radius 3 is 2.33 bits per heavy atom. The molecule has 8 nitrogen and oxygen atoms in total. The van der Waals surface area contributed by atoms with Crippen molar-refractivity contribution in [2.24, 2.45) is 11.3 Å². The third-order valence-corrected chi connectivity index (χ3v) is 6.90. The predicted molar refractivity (Wildman–Crippen MR) is 137 cm³/mol. The normalized spacial score (nSPS) is 20.2. The first-order valence-corrected chi connectivity index (χ1v) is 11.9. The minimum atomic E-state index is -0.635. The second-order valence-electron chi connectivity index (χ2n) is 10.1. The third kappa shape index (κ3) is 3.62. The molecule has 2 aromatic heterocycles. The maximum absolute atomic E-state index is 13.6. The number of anilines is 1. The summed E-state index contributed by atoms with van der Waals surface area (Å²) in [6.07, 6.45) is 4.29. The summed E-state index contributed by atoms with van der Waals surface area (Å²) in [6, 6.07) is 19.4. The lowest BCUT2D eigenvalue weighted by Gasteiger charge is -2.40. The van der Waals surface area contributed by atoms with Crippen LogP contribution in [0.4, 0.5) is 5.82 Å². The Kier molecular flexibility index (Phi) is 4.93. The molecule has 0 fully saturated rings. The maximum Gasteiger partial charge on any atom is 0.327 e. The predicted octanol–water partition coefficient (Wildman–Crippen LogP) is 3.97. The number of hydrogen-bond acceptors (Lipinski definition) is 5. The van der Waals surface area contributed by atoms with Crippen molar-refractivity contribution in [1.29, 1.82) is 0 Å². The number of rotatable bonds is 3. The molecule has 0 saturated carbocycles. The Hall–Kier alpha value is -4.46. The molecular weight excluding hydrogens is 454 g/mol. The molecule has 3 heterocycles. The fraction of sp³-hybridized carbons (Fsp3) is 0.214. The number of ketones is 1. The number of nitrogens with one attached hydrogen (secondary N) is 3. The summed E-state index contributed by atoms with van der Waals surface area (Å²) in [4.78, 5) is 44.2. The highest BCUT2D eigenvalue weighted by molar-refractivity contribution is 5.90. The van der Waals surface area contributed by atoms with Crippen LogP contribution in [-0.2, 0) is 4.79 Å². The van der Waals surface area contributed by atoms with Gasteiger partial charge in [0.15, 0.2) is 0 Å². The molecule has 3 N–H and O–H groups in total. The van der Waals surface area contributed by atoms with Gasteiger partial charge in [0, 0.05) is 35.4 Å². The molecular formula is C28H25N5O3. The van der Waals surface area contributed by atoms with Gasteiger partial charge in [-0.25, -0.2) is 9.48 Å². The number of fused-ring (bicyclic) bond motifs is 2. The molecule has 0 unspecified atom stereocenters. The van der Waals surface area contributed by atoms with Gasteiger partial charge >= 0.3 is 5.69 Å². The van der Waals surface area contributed by atoms with Crippen LogP contribution in [0, 0.1) is 11.3 Å². The molecule has 2 atom stereocenters. The highest BCUT2D eigenvalue weighted by Gasteiger charge is 2.46. The molecule has 2 aromatic carbocycles. The van der Waals surface area contributed by atoms with Crippen LogP contribution in [0.5, 0.6) is 0 Å². The van der Waals surface area contributed by atoms with Crippen molar-refractivity contribution in [3.63, 3.8) is 0 Å². The molecule has 1 aliphatic carbocycles. The quantitative estimate of drug-likeness (QED) is 0.412. The number of carbonyl (C=O) groups is 1. The van der Waals surface area contributed by atoms with E-state index < -0.39 is 23.1 Å². The first-order valence-electron chi connectivity index (χ1n) is 11.9. The zero-order valence-electron chi connectivity index (χ0n) is 19.9. The van der Waals surface area contributed by atoms with E-state index in [0.717, 1.165) is 16.8 Å². The lowest BCUT2D eigenvalue weighted by Crippen LogP contribution is -2.43. The van der Waals surface area contributed by atoms with E-state index in [1.807, 2.05) is 86.8 Å². The minimum Gasteiger partial charge on any atom is -0.344 e. The Morgan fingerprint density at radius 1 is 0.917 bits per heavy atom. The summed E-state index contributed by atoms with van der Waals surface area (Å²) < 4.78 is 1.78. The molecule has 36 heavy (non-hydrogen) atoms. The van der Waals surface area contributed by atoms with Crippen LogP contribution in [0.1, 0.15) is 37.3 Å². The van der Waals surface area contributed by atoms with Crippen molar-refractivity contribution in [3.8, 4) is 16.9 Å². The van der Waals surface area contributed by atoms with Crippen molar-refractivity contribution in [2.45, 2.75) is 26.2 Å². The number of aromatic amines is 2. The van der Waals surface area contributed by atoms with Gasteiger partial charge in [0.1, 0.15) is 11.6 Å². The van der Waals surface area contributed by atoms with Crippen molar-refractivity contribution in [3.05, 3.63) is 111 Å². The van der Waals surface area contributed by atoms with Gasteiger partial charge in [0.05, 0.1) is 22.9 Å². The SMILES string of the molecule is CC1(C)C=C2Nc3[nH]c(=O)[nH]c(=O)c3[C@H](c3cn(-c4ccccc4)nc3-c3ccccc3)[C@H]2C(=O)C1. The largest absolute Gasteiger partial charge is 0.344 e. The number of Topliss-reactive ketones (excluding diaryl/α,β-unsaturated/α-hetero) is 1. The number of benzene rings is 2. The lowest BCUT2D eigenvalue weighted by molar-refractivity contribution is -0.124. The monoisotopic (exact) mass is 479 g/mol. The summed E-state index contributed by atoms with van der Waals surface area (Å²) in [6.45, 7) is 4.01. The van der Waals surface area contributed by atoms with Crippen molar-refractivity contribution >= 4 is 11.6 Å². The molecule has 180 valence electrons. The van der Waals surface area contributed by atoms with Gasteiger partial charge in [-0.15, -0.1) is 0 Å². The standard InChI is InChI=1S/C28H25N5O3/c1-28(2)13-19-22(20(34)14-28)21(23-25(29-19)30-27(36)31-26(23)35)18-15-33(17-11-7-4-8-12-17)32-24(18)16-9-5-3-6-10-16/h3-13,15,21-22H,14H2,1-2H3,(H3,29,30,31,35,36)/t21-,22-/m1/s1. The van der Waals surface area contributed by atoms with E-state index in [1.165, 1.54) is 0 Å². The average molecular weight is 480 g/mol. The number of hydrogen-bond donors (Lipinski definition) is 3. The van der Waals surface area contributed by atoms with Gasteiger partial charge in [-0.1, -0.05) is 68.5 Å². The third-order valence-electron chi connectivity index (χ3n) is 6.90. The molecule has 0 spiro atoms. The Balaban J connectivity index is 1.66.